The first-order valence-electron chi connectivity index (χ1n) is 8.92. The molecule has 9 heteroatoms. The van der Waals surface area contributed by atoms with E-state index in [2.05, 4.69) is 15.3 Å². The van der Waals surface area contributed by atoms with Gasteiger partial charge in [0, 0.05) is 24.9 Å². The standard InChI is InChI=1S/C21H19Cl2N3O4/c1-28-14-5-3-13(4-6-14)7-8-30-18-9-17(25-12-19(18)29-2)21(27)26-20-15(22)10-24-11-16(20)23/h3-6,9-12H,7-8H2,1-2H3,(H,24,26,27). The molecule has 2 heterocycles. The second-order valence-electron chi connectivity index (χ2n) is 6.10. The van der Waals surface area contributed by atoms with Gasteiger partial charge in [-0.3, -0.25) is 9.78 Å². The van der Waals surface area contributed by atoms with Crippen LogP contribution in [0.2, 0.25) is 10.0 Å². The van der Waals surface area contributed by atoms with Crippen molar-refractivity contribution in [3.05, 3.63) is 70.2 Å². The minimum absolute atomic E-state index is 0.124. The summed E-state index contributed by atoms with van der Waals surface area (Å²) >= 11 is 12.1. The zero-order valence-corrected chi connectivity index (χ0v) is 17.8. The molecule has 30 heavy (non-hydrogen) atoms. The summed E-state index contributed by atoms with van der Waals surface area (Å²) in [5, 5.41) is 3.08. The van der Waals surface area contributed by atoms with Crippen LogP contribution in [0.3, 0.4) is 0 Å². The van der Waals surface area contributed by atoms with Gasteiger partial charge in [0.2, 0.25) is 0 Å². The minimum atomic E-state index is -0.493. The molecule has 1 N–H and O–H groups in total. The molecule has 156 valence electrons. The Morgan fingerprint density at radius 1 is 1.00 bits per heavy atom. The first-order valence-corrected chi connectivity index (χ1v) is 9.67. The maximum absolute atomic E-state index is 12.6. The van der Waals surface area contributed by atoms with E-state index in [1.54, 1.807) is 7.11 Å². The Bertz CT molecular complexity index is 1010. The van der Waals surface area contributed by atoms with Crippen LogP contribution in [0.1, 0.15) is 16.1 Å². The molecule has 0 aliphatic rings. The van der Waals surface area contributed by atoms with E-state index in [1.807, 2.05) is 24.3 Å². The van der Waals surface area contributed by atoms with Crippen LogP contribution in [0, 0.1) is 0 Å². The van der Waals surface area contributed by atoms with E-state index in [0.717, 1.165) is 11.3 Å². The Morgan fingerprint density at radius 3 is 2.33 bits per heavy atom. The van der Waals surface area contributed by atoms with Gasteiger partial charge in [-0.25, -0.2) is 4.98 Å². The summed E-state index contributed by atoms with van der Waals surface area (Å²) in [6.07, 6.45) is 4.86. The number of amides is 1. The molecule has 7 nitrogen and oxygen atoms in total. The topological polar surface area (TPSA) is 82.6 Å². The average Bonchev–Trinajstić information content (AvgIpc) is 2.76. The van der Waals surface area contributed by atoms with E-state index >= 15 is 0 Å². The van der Waals surface area contributed by atoms with Crippen LogP contribution in [0.25, 0.3) is 0 Å². The second kappa shape index (κ2) is 10.1. The van der Waals surface area contributed by atoms with E-state index in [-0.39, 0.29) is 21.4 Å². The largest absolute Gasteiger partial charge is 0.497 e. The highest BCUT2D eigenvalue weighted by Gasteiger charge is 2.16. The van der Waals surface area contributed by atoms with Crippen LogP contribution in [0.4, 0.5) is 5.69 Å². The highest BCUT2D eigenvalue weighted by atomic mass is 35.5. The predicted octanol–water partition coefficient (Wildman–Crippen LogP) is 4.67. The summed E-state index contributed by atoms with van der Waals surface area (Å²) in [4.78, 5) is 20.6. The lowest BCUT2D eigenvalue weighted by molar-refractivity contribution is 0.102. The lowest BCUT2D eigenvalue weighted by Crippen LogP contribution is -2.15. The number of nitrogens with zero attached hydrogens (tertiary/aromatic N) is 2. The van der Waals surface area contributed by atoms with Gasteiger partial charge in [-0.1, -0.05) is 35.3 Å². The highest BCUT2D eigenvalue weighted by molar-refractivity contribution is 6.39. The number of ether oxygens (including phenoxy) is 3. The highest BCUT2D eigenvalue weighted by Crippen LogP contribution is 2.30. The number of nitrogens with one attached hydrogen (secondary N) is 1. The van der Waals surface area contributed by atoms with Crippen molar-refractivity contribution in [3.63, 3.8) is 0 Å². The number of methoxy groups -OCH3 is 2. The number of aromatic nitrogens is 2. The van der Waals surface area contributed by atoms with Gasteiger partial charge in [-0.15, -0.1) is 0 Å². The Kier molecular flexibility index (Phi) is 7.32. The van der Waals surface area contributed by atoms with Crippen LogP contribution in [0.5, 0.6) is 17.2 Å². The number of pyridine rings is 2. The summed E-state index contributed by atoms with van der Waals surface area (Å²) < 4.78 is 16.3. The van der Waals surface area contributed by atoms with Gasteiger partial charge < -0.3 is 19.5 Å². The molecule has 0 radical (unpaired) electrons. The van der Waals surface area contributed by atoms with Crippen molar-refractivity contribution < 1.29 is 19.0 Å². The second-order valence-corrected chi connectivity index (χ2v) is 6.91. The molecule has 0 unspecified atom stereocenters. The summed E-state index contributed by atoms with van der Waals surface area (Å²) in [5.41, 5.74) is 1.47. The van der Waals surface area contributed by atoms with Gasteiger partial charge in [0.05, 0.1) is 42.8 Å². The molecule has 0 saturated carbocycles. The molecule has 0 aliphatic carbocycles. The predicted molar refractivity (Wildman–Crippen MR) is 115 cm³/mol. The number of hydrogen-bond acceptors (Lipinski definition) is 6. The smallest absolute Gasteiger partial charge is 0.274 e. The van der Waals surface area contributed by atoms with Gasteiger partial charge in [0.15, 0.2) is 11.5 Å². The van der Waals surface area contributed by atoms with Crippen molar-refractivity contribution in [1.82, 2.24) is 9.97 Å². The number of carbonyl (C=O) groups is 1. The number of benzene rings is 1. The maximum atomic E-state index is 12.6. The molecule has 3 aromatic rings. The fraction of sp³-hybridized carbons (Fsp3) is 0.190. The van der Waals surface area contributed by atoms with Gasteiger partial charge in [-0.2, -0.15) is 0 Å². The fourth-order valence-electron chi connectivity index (χ4n) is 2.59. The summed E-state index contributed by atoms with van der Waals surface area (Å²) in [7, 11) is 3.13. The number of halogens is 2. The van der Waals surface area contributed by atoms with E-state index in [9.17, 15) is 4.79 Å². The van der Waals surface area contributed by atoms with Crippen molar-refractivity contribution in [1.29, 1.82) is 0 Å². The molecule has 0 spiro atoms. The Morgan fingerprint density at radius 2 is 1.70 bits per heavy atom. The van der Waals surface area contributed by atoms with E-state index in [1.165, 1.54) is 31.8 Å². The van der Waals surface area contributed by atoms with E-state index in [0.29, 0.717) is 24.5 Å². The monoisotopic (exact) mass is 447 g/mol. The molecule has 2 aromatic heterocycles. The van der Waals surface area contributed by atoms with Crippen LogP contribution in [0.15, 0.2) is 48.9 Å². The molecular formula is C21H19Cl2N3O4. The number of rotatable bonds is 8. The normalized spacial score (nSPS) is 10.4. The third-order valence-electron chi connectivity index (χ3n) is 4.18. The van der Waals surface area contributed by atoms with E-state index < -0.39 is 5.91 Å². The maximum Gasteiger partial charge on any atom is 0.274 e. The molecule has 1 amide bonds. The van der Waals surface area contributed by atoms with Gasteiger partial charge in [0.1, 0.15) is 11.4 Å². The minimum Gasteiger partial charge on any atom is -0.497 e. The van der Waals surface area contributed by atoms with Crippen molar-refractivity contribution in [2.24, 2.45) is 0 Å². The summed E-state index contributed by atoms with van der Waals surface area (Å²) in [6.45, 7) is 0.385. The molecule has 0 aliphatic heterocycles. The van der Waals surface area contributed by atoms with E-state index in [4.69, 9.17) is 37.4 Å². The Balaban J connectivity index is 1.70. The Hall–Kier alpha value is -3.03. The summed E-state index contributed by atoms with van der Waals surface area (Å²) in [5.74, 6) is 1.12. The lowest BCUT2D eigenvalue weighted by atomic mass is 10.1. The van der Waals surface area contributed by atoms with Gasteiger partial charge in [0.25, 0.3) is 5.91 Å². The molecule has 3 rings (SSSR count). The van der Waals surface area contributed by atoms with Gasteiger partial charge in [-0.05, 0) is 17.7 Å². The molecular weight excluding hydrogens is 429 g/mol. The molecule has 0 atom stereocenters. The average molecular weight is 448 g/mol. The number of anilines is 1. The zero-order valence-electron chi connectivity index (χ0n) is 16.3. The fourth-order valence-corrected chi connectivity index (χ4v) is 3.05. The molecule has 1 aromatic carbocycles. The SMILES string of the molecule is COc1ccc(CCOc2cc(C(=O)Nc3c(Cl)cncc3Cl)ncc2OC)cc1. The molecule has 0 saturated heterocycles. The van der Waals surface area contributed by atoms with Crippen LogP contribution >= 0.6 is 23.2 Å². The first-order chi connectivity index (χ1) is 14.5. The molecule has 0 fully saturated rings. The summed E-state index contributed by atoms with van der Waals surface area (Å²) in [6, 6.07) is 9.21. The zero-order chi connectivity index (χ0) is 21.5. The third-order valence-corrected chi connectivity index (χ3v) is 4.76. The van der Waals surface area contributed by atoms with Crippen molar-refractivity contribution in [2.75, 3.05) is 26.1 Å². The van der Waals surface area contributed by atoms with Crippen LogP contribution in [-0.2, 0) is 6.42 Å². The van der Waals surface area contributed by atoms with Gasteiger partial charge >= 0.3 is 0 Å². The van der Waals surface area contributed by atoms with Crippen molar-refractivity contribution >= 4 is 34.8 Å². The first kappa shape index (κ1) is 21.7. The lowest BCUT2D eigenvalue weighted by Gasteiger charge is -2.13. The van der Waals surface area contributed by atoms with Crippen LogP contribution in [-0.4, -0.2) is 36.7 Å². The van der Waals surface area contributed by atoms with Crippen molar-refractivity contribution in [2.45, 2.75) is 6.42 Å². The molecule has 0 bridgehead atoms. The Labute approximate surface area is 183 Å². The number of carbonyl (C=O) groups excluding carboxylic acids is 1. The van der Waals surface area contributed by atoms with Crippen LogP contribution < -0.4 is 19.5 Å². The third kappa shape index (κ3) is 5.31. The quantitative estimate of drug-likeness (QED) is 0.539. The number of hydrogen-bond donors (Lipinski definition) is 1. The van der Waals surface area contributed by atoms with Crippen molar-refractivity contribution in [3.8, 4) is 17.2 Å².